The average molecular weight is 556 g/mol. The van der Waals surface area contributed by atoms with Crippen molar-refractivity contribution < 1.29 is 32.3 Å². The Balaban J connectivity index is 1.46. The second-order valence-corrected chi connectivity index (χ2v) is 12.1. The first-order valence-corrected chi connectivity index (χ1v) is 14.0. The van der Waals surface area contributed by atoms with Crippen molar-refractivity contribution in [2.24, 2.45) is 0 Å². The van der Waals surface area contributed by atoms with Crippen molar-refractivity contribution in [3.8, 4) is 23.1 Å². The third-order valence-corrected chi connectivity index (χ3v) is 6.42. The number of fused-ring (bicyclic) bond motifs is 1. The topological polar surface area (TPSA) is 166 Å². The van der Waals surface area contributed by atoms with E-state index in [9.17, 15) is 18.3 Å². The average Bonchev–Trinajstić information content (AvgIpc) is 3.31. The number of phenols is 1. The van der Waals surface area contributed by atoms with E-state index in [4.69, 9.17) is 14.0 Å². The number of aromatic nitrogens is 3. The number of urea groups is 1. The number of nitrogens with zero attached hydrogens (tertiary/aromatic N) is 3. The maximum Gasteiger partial charge on any atom is 0.324 e. The Morgan fingerprint density at radius 3 is 2.62 bits per heavy atom. The second-order valence-electron chi connectivity index (χ2n) is 9.88. The van der Waals surface area contributed by atoms with E-state index in [2.05, 4.69) is 25.8 Å². The van der Waals surface area contributed by atoms with Gasteiger partial charge in [0.1, 0.15) is 27.7 Å². The number of anilines is 2. The maximum atomic E-state index is 12.5. The molecule has 0 radical (unpaired) electrons. The SMILES string of the molecule is CC(C)(C)c1cc(NC(=O)Nc2cccc(Oc3ncnc4cc(O)c(OCCCS(C)(=O)=O)cc34)c2)no1. The highest BCUT2D eigenvalue weighted by molar-refractivity contribution is 7.90. The van der Waals surface area contributed by atoms with Gasteiger partial charge in [-0.05, 0) is 24.6 Å². The van der Waals surface area contributed by atoms with Gasteiger partial charge in [0, 0.05) is 35.6 Å². The van der Waals surface area contributed by atoms with Crippen LogP contribution in [0.1, 0.15) is 33.0 Å². The molecule has 2 amide bonds. The minimum absolute atomic E-state index is 0.0300. The fraction of sp³-hybridized carbons (Fsp3) is 0.308. The van der Waals surface area contributed by atoms with Gasteiger partial charge in [-0.3, -0.25) is 5.32 Å². The van der Waals surface area contributed by atoms with Crippen molar-refractivity contribution in [3.05, 3.63) is 54.6 Å². The molecule has 0 fully saturated rings. The number of phenolic OH excluding ortho intramolecular Hbond substituents is 1. The van der Waals surface area contributed by atoms with Gasteiger partial charge in [-0.25, -0.2) is 23.2 Å². The Kier molecular flexibility index (Phi) is 7.90. The molecule has 2 aromatic heterocycles. The van der Waals surface area contributed by atoms with E-state index in [1.54, 1.807) is 30.3 Å². The van der Waals surface area contributed by atoms with Crippen LogP contribution in [0.25, 0.3) is 10.9 Å². The first-order chi connectivity index (χ1) is 18.4. The molecule has 12 nitrogen and oxygen atoms in total. The molecule has 13 heteroatoms. The molecule has 3 N–H and O–H groups in total. The highest BCUT2D eigenvalue weighted by Crippen LogP contribution is 2.36. The monoisotopic (exact) mass is 555 g/mol. The fourth-order valence-corrected chi connectivity index (χ4v) is 4.11. The molecule has 0 atom stereocenters. The predicted octanol–water partition coefficient (Wildman–Crippen LogP) is 4.87. The Morgan fingerprint density at radius 1 is 1.10 bits per heavy atom. The second kappa shape index (κ2) is 11.2. The minimum atomic E-state index is -3.12. The number of nitrogens with one attached hydrogen (secondary N) is 2. The van der Waals surface area contributed by atoms with Crippen LogP contribution >= 0.6 is 0 Å². The molecule has 2 heterocycles. The molecule has 206 valence electrons. The molecule has 4 aromatic rings. The predicted molar refractivity (Wildman–Crippen MR) is 145 cm³/mol. The summed E-state index contributed by atoms with van der Waals surface area (Å²) in [5.74, 6) is 1.47. The number of rotatable bonds is 9. The highest BCUT2D eigenvalue weighted by atomic mass is 32.2. The number of carbonyl (C=O) groups is 1. The van der Waals surface area contributed by atoms with Crippen molar-refractivity contribution in [1.29, 1.82) is 0 Å². The number of benzene rings is 2. The van der Waals surface area contributed by atoms with Crippen molar-refractivity contribution in [2.45, 2.75) is 32.6 Å². The molecule has 0 spiro atoms. The van der Waals surface area contributed by atoms with Crippen LogP contribution in [0, 0.1) is 0 Å². The summed E-state index contributed by atoms with van der Waals surface area (Å²) in [6.07, 6.45) is 2.72. The van der Waals surface area contributed by atoms with Gasteiger partial charge in [0.2, 0.25) is 5.88 Å². The normalized spacial score (nSPS) is 11.8. The summed E-state index contributed by atoms with van der Waals surface area (Å²) < 4.78 is 39.5. The molecule has 0 bridgehead atoms. The zero-order valence-electron chi connectivity index (χ0n) is 21.9. The lowest BCUT2D eigenvalue weighted by Crippen LogP contribution is -2.19. The van der Waals surface area contributed by atoms with Crippen LogP contribution in [0.15, 0.2) is 53.3 Å². The van der Waals surface area contributed by atoms with Crippen LogP contribution in [-0.4, -0.2) is 53.3 Å². The summed E-state index contributed by atoms with van der Waals surface area (Å²) >= 11 is 0. The van der Waals surface area contributed by atoms with Gasteiger partial charge < -0.3 is 24.4 Å². The highest BCUT2D eigenvalue weighted by Gasteiger charge is 2.20. The molecule has 39 heavy (non-hydrogen) atoms. The Morgan fingerprint density at radius 2 is 1.90 bits per heavy atom. The quantitative estimate of drug-likeness (QED) is 0.242. The molecule has 0 aliphatic carbocycles. The van der Waals surface area contributed by atoms with E-state index >= 15 is 0 Å². The number of carbonyl (C=O) groups excluding carboxylic acids is 1. The van der Waals surface area contributed by atoms with Crippen LogP contribution in [0.4, 0.5) is 16.3 Å². The largest absolute Gasteiger partial charge is 0.504 e. The summed E-state index contributed by atoms with van der Waals surface area (Å²) in [5, 5.41) is 20.0. The molecule has 0 saturated carbocycles. The van der Waals surface area contributed by atoms with Gasteiger partial charge in [0.15, 0.2) is 17.3 Å². The minimum Gasteiger partial charge on any atom is -0.504 e. The fourth-order valence-electron chi connectivity index (χ4n) is 3.46. The van der Waals surface area contributed by atoms with Crippen LogP contribution in [0.2, 0.25) is 0 Å². The maximum absolute atomic E-state index is 12.5. The van der Waals surface area contributed by atoms with E-state index in [1.807, 2.05) is 20.8 Å². The van der Waals surface area contributed by atoms with Gasteiger partial charge >= 0.3 is 6.03 Å². The third-order valence-electron chi connectivity index (χ3n) is 5.39. The van der Waals surface area contributed by atoms with Gasteiger partial charge in [-0.1, -0.05) is 32.0 Å². The lowest BCUT2D eigenvalue weighted by molar-refractivity contribution is 0.262. The van der Waals surface area contributed by atoms with Crippen LogP contribution < -0.4 is 20.1 Å². The van der Waals surface area contributed by atoms with E-state index in [-0.39, 0.29) is 47.4 Å². The number of hydrogen-bond donors (Lipinski definition) is 3. The summed E-state index contributed by atoms with van der Waals surface area (Å²) in [6.45, 7) is 6.02. The molecule has 4 rings (SSSR count). The molecule has 0 aliphatic heterocycles. The molecule has 0 saturated heterocycles. The summed E-state index contributed by atoms with van der Waals surface area (Å²) in [7, 11) is -3.12. The number of sulfone groups is 1. The molecule has 0 aliphatic rings. The van der Waals surface area contributed by atoms with Gasteiger partial charge in [0.05, 0.1) is 23.3 Å². The van der Waals surface area contributed by atoms with Crippen molar-refractivity contribution in [3.63, 3.8) is 0 Å². The van der Waals surface area contributed by atoms with Crippen molar-refractivity contribution in [2.75, 3.05) is 29.2 Å². The smallest absolute Gasteiger partial charge is 0.324 e. The van der Waals surface area contributed by atoms with E-state index in [1.165, 1.54) is 18.5 Å². The summed E-state index contributed by atoms with van der Waals surface area (Å²) in [4.78, 5) is 20.8. The Bertz CT molecular complexity index is 1600. The zero-order chi connectivity index (χ0) is 28.2. The molecule has 2 aromatic carbocycles. The van der Waals surface area contributed by atoms with Crippen molar-refractivity contribution in [1.82, 2.24) is 15.1 Å². The first-order valence-electron chi connectivity index (χ1n) is 12.0. The Hall–Kier alpha value is -4.39. The van der Waals surface area contributed by atoms with Gasteiger partial charge in [-0.15, -0.1) is 0 Å². The van der Waals surface area contributed by atoms with E-state index in [0.717, 1.165) is 6.26 Å². The van der Waals surface area contributed by atoms with Crippen molar-refractivity contribution >= 4 is 38.3 Å². The van der Waals surface area contributed by atoms with Crippen LogP contribution in [0.5, 0.6) is 23.1 Å². The van der Waals surface area contributed by atoms with Gasteiger partial charge in [0.25, 0.3) is 0 Å². The summed E-state index contributed by atoms with van der Waals surface area (Å²) in [5.41, 5.74) is 0.622. The van der Waals surface area contributed by atoms with E-state index < -0.39 is 15.9 Å². The van der Waals surface area contributed by atoms with Crippen LogP contribution in [0.3, 0.4) is 0 Å². The Labute approximate surface area is 225 Å². The number of amides is 2. The number of aromatic hydroxyl groups is 1. The third kappa shape index (κ3) is 7.57. The lowest BCUT2D eigenvalue weighted by atomic mass is 9.93. The summed E-state index contributed by atoms with van der Waals surface area (Å²) in [6, 6.07) is 10.8. The van der Waals surface area contributed by atoms with E-state index in [0.29, 0.717) is 28.1 Å². The molecular formula is C26H29N5O7S. The lowest BCUT2D eigenvalue weighted by Gasteiger charge is -2.12. The molecular weight excluding hydrogens is 526 g/mol. The standard InChI is InChI=1S/C26H29N5O7S/c1-26(2,3)22-14-23(31-38-22)30-25(33)29-16-7-5-8-17(11-16)37-24-18-12-21(36-9-6-10-39(4,34)35)20(32)13-19(18)27-15-28-24/h5,7-8,11-15,32H,6,9-10H2,1-4H3,(H2,29,30,31,33). The zero-order valence-corrected chi connectivity index (χ0v) is 22.7. The van der Waals surface area contributed by atoms with Gasteiger partial charge in [-0.2, -0.15) is 0 Å². The number of hydrogen-bond acceptors (Lipinski definition) is 10. The number of ether oxygens (including phenoxy) is 2. The molecule has 0 unspecified atom stereocenters. The first kappa shape index (κ1) is 27.6. The van der Waals surface area contributed by atoms with Crippen LogP contribution in [-0.2, 0) is 15.3 Å².